The van der Waals surface area contributed by atoms with Gasteiger partial charge < -0.3 is 9.47 Å². The van der Waals surface area contributed by atoms with E-state index < -0.39 is 10.0 Å². The second-order valence-corrected chi connectivity index (χ2v) is 11.2. The molecule has 3 heterocycles. The Morgan fingerprint density at radius 3 is 2.46 bits per heavy atom. The summed E-state index contributed by atoms with van der Waals surface area (Å²) in [4.78, 5) is 17.5. The van der Waals surface area contributed by atoms with Gasteiger partial charge in [-0.3, -0.25) is 9.69 Å². The molecule has 11 heteroatoms. The van der Waals surface area contributed by atoms with Crippen molar-refractivity contribution in [1.29, 1.82) is 5.26 Å². The minimum absolute atomic E-state index is 0.0121. The maximum absolute atomic E-state index is 13.0. The summed E-state index contributed by atoms with van der Waals surface area (Å²) in [6.07, 6.45) is 1.45. The van der Waals surface area contributed by atoms with Crippen LogP contribution < -0.4 is 10.5 Å². The Morgan fingerprint density at radius 2 is 1.73 bits per heavy atom. The summed E-state index contributed by atoms with van der Waals surface area (Å²) in [6.45, 7) is 5.77. The van der Waals surface area contributed by atoms with Gasteiger partial charge in [0.25, 0.3) is 15.6 Å². The molecule has 2 aromatic heterocycles. The minimum Gasteiger partial charge on any atom is -0.364 e. The number of aromatic nitrogens is 4. The zero-order valence-electron chi connectivity index (χ0n) is 20.8. The number of nitrogens with zero attached hydrogens (tertiary/aromatic N) is 7. The molecule has 0 spiro atoms. The van der Waals surface area contributed by atoms with Crippen LogP contribution in [0.15, 0.2) is 70.5 Å². The lowest BCUT2D eigenvalue weighted by molar-refractivity contribution is 0.156. The first-order valence-corrected chi connectivity index (χ1v) is 13.4. The van der Waals surface area contributed by atoms with E-state index in [0.717, 1.165) is 15.0 Å². The van der Waals surface area contributed by atoms with Gasteiger partial charge in [-0.15, -0.1) is 9.19 Å². The average molecular weight is 518 g/mol. The van der Waals surface area contributed by atoms with Crippen molar-refractivity contribution < 1.29 is 8.42 Å². The Bertz CT molecular complexity index is 1670. The van der Waals surface area contributed by atoms with Crippen LogP contribution in [0.5, 0.6) is 0 Å². The van der Waals surface area contributed by atoms with Gasteiger partial charge in [0, 0.05) is 44.2 Å². The molecule has 0 N–H and O–H groups in total. The maximum atomic E-state index is 13.0. The van der Waals surface area contributed by atoms with Gasteiger partial charge in [0.2, 0.25) is 0 Å². The highest BCUT2D eigenvalue weighted by Gasteiger charge is 2.33. The van der Waals surface area contributed by atoms with Crippen LogP contribution in [0.25, 0.3) is 10.9 Å². The second-order valence-electron chi connectivity index (χ2n) is 9.40. The Kier molecular flexibility index (Phi) is 6.31. The van der Waals surface area contributed by atoms with Crippen LogP contribution in [0.3, 0.4) is 0 Å². The smallest absolute Gasteiger partial charge is 0.284 e. The lowest BCUT2D eigenvalue weighted by Gasteiger charge is -2.45. The summed E-state index contributed by atoms with van der Waals surface area (Å²) in [5, 5.41) is 18.8. The summed E-state index contributed by atoms with van der Waals surface area (Å²) >= 11 is 0. The molecule has 0 saturated carbocycles. The molecule has 37 heavy (non-hydrogen) atoms. The number of para-hydroxylation sites is 1. The Morgan fingerprint density at radius 1 is 1.03 bits per heavy atom. The van der Waals surface area contributed by atoms with Gasteiger partial charge in [-0.05, 0) is 32.0 Å². The average Bonchev–Trinajstić information content (AvgIpc) is 3.38. The summed E-state index contributed by atoms with van der Waals surface area (Å²) < 4.78 is 28.2. The van der Waals surface area contributed by atoms with Gasteiger partial charge in [0.1, 0.15) is 11.6 Å². The van der Waals surface area contributed by atoms with Crippen LogP contribution in [0.4, 0.5) is 5.69 Å². The summed E-state index contributed by atoms with van der Waals surface area (Å²) in [7, 11) is -2.13. The first kappa shape index (κ1) is 24.7. The number of nitriles is 1. The highest BCUT2D eigenvalue weighted by molar-refractivity contribution is 7.89. The molecule has 2 aromatic carbocycles. The molecule has 10 nitrogen and oxygen atoms in total. The third kappa shape index (κ3) is 4.28. The first-order chi connectivity index (χ1) is 17.7. The lowest BCUT2D eigenvalue weighted by atomic mass is 10.0. The van der Waals surface area contributed by atoms with Gasteiger partial charge in [0.05, 0.1) is 28.0 Å². The lowest BCUT2D eigenvalue weighted by Crippen LogP contribution is -2.56. The molecular weight excluding hydrogens is 490 g/mol. The van der Waals surface area contributed by atoms with E-state index in [1.165, 1.54) is 22.9 Å². The molecule has 1 fully saturated rings. The second kappa shape index (κ2) is 9.46. The zero-order chi connectivity index (χ0) is 26.3. The van der Waals surface area contributed by atoms with Crippen molar-refractivity contribution in [3.63, 3.8) is 0 Å². The van der Waals surface area contributed by atoms with Crippen LogP contribution in [-0.4, -0.2) is 57.5 Å². The summed E-state index contributed by atoms with van der Waals surface area (Å²) in [5.74, 6) is 0. The van der Waals surface area contributed by atoms with E-state index in [9.17, 15) is 18.5 Å². The number of benzene rings is 2. The van der Waals surface area contributed by atoms with Crippen molar-refractivity contribution >= 4 is 26.6 Å². The van der Waals surface area contributed by atoms with Crippen LogP contribution in [0, 0.1) is 11.3 Å². The van der Waals surface area contributed by atoms with Gasteiger partial charge in [-0.1, -0.05) is 41.6 Å². The minimum atomic E-state index is -3.81. The molecular formula is C26H27N7O3S. The number of rotatable bonds is 5. The van der Waals surface area contributed by atoms with E-state index in [2.05, 4.69) is 40.0 Å². The predicted octanol–water partition coefficient (Wildman–Crippen LogP) is 2.34. The Hall–Kier alpha value is -4.01. The summed E-state index contributed by atoms with van der Waals surface area (Å²) in [5.41, 5.74) is 1.82. The Labute approximate surface area is 215 Å². The zero-order valence-corrected chi connectivity index (χ0v) is 21.6. The van der Waals surface area contributed by atoms with Crippen molar-refractivity contribution in [2.24, 2.45) is 7.05 Å². The number of pyridine rings is 1. The monoisotopic (exact) mass is 517 g/mol. The van der Waals surface area contributed by atoms with E-state index in [0.29, 0.717) is 31.0 Å². The number of aryl methyl sites for hydroxylation is 1. The van der Waals surface area contributed by atoms with Crippen LogP contribution in [0.1, 0.15) is 25.1 Å². The molecule has 0 amide bonds. The van der Waals surface area contributed by atoms with Crippen molar-refractivity contribution in [2.45, 2.75) is 37.4 Å². The van der Waals surface area contributed by atoms with Crippen molar-refractivity contribution in [2.75, 3.05) is 18.0 Å². The highest BCUT2D eigenvalue weighted by Crippen LogP contribution is 2.32. The number of piperazine rings is 1. The molecule has 0 unspecified atom stereocenters. The quantitative estimate of drug-likeness (QED) is 0.396. The molecule has 2 atom stereocenters. The highest BCUT2D eigenvalue weighted by atomic mass is 32.2. The fourth-order valence-corrected chi connectivity index (χ4v) is 6.10. The number of hydrogen-bond donors (Lipinski definition) is 0. The molecule has 190 valence electrons. The first-order valence-electron chi connectivity index (χ1n) is 12.0. The fraction of sp³-hybridized carbons (Fsp3) is 0.308. The van der Waals surface area contributed by atoms with Crippen molar-refractivity contribution in [3.8, 4) is 6.07 Å². The molecule has 5 rings (SSSR count). The van der Waals surface area contributed by atoms with Crippen molar-refractivity contribution in [3.05, 3.63) is 82.4 Å². The van der Waals surface area contributed by atoms with Gasteiger partial charge in [-0.25, -0.2) is 0 Å². The normalized spacial score (nSPS) is 18.7. The summed E-state index contributed by atoms with van der Waals surface area (Å²) in [6, 6.07) is 17.9. The van der Waals surface area contributed by atoms with Gasteiger partial charge in [0.15, 0.2) is 0 Å². The Balaban J connectivity index is 1.41. The third-order valence-electron chi connectivity index (χ3n) is 6.96. The van der Waals surface area contributed by atoms with Crippen LogP contribution in [-0.2, 0) is 23.6 Å². The topological polar surface area (TPSA) is 117 Å². The third-order valence-corrected chi connectivity index (χ3v) is 8.50. The number of anilines is 1. The van der Waals surface area contributed by atoms with E-state index in [1.54, 1.807) is 25.2 Å². The predicted molar refractivity (Wildman–Crippen MR) is 140 cm³/mol. The molecule has 1 saturated heterocycles. The van der Waals surface area contributed by atoms with E-state index in [-0.39, 0.29) is 28.1 Å². The molecule has 1 aliphatic rings. The molecule has 4 aromatic rings. The van der Waals surface area contributed by atoms with E-state index in [1.807, 2.05) is 24.3 Å². The largest absolute Gasteiger partial charge is 0.364 e. The fourth-order valence-electron chi connectivity index (χ4n) is 4.99. The SMILES string of the molecule is C[C@@H]1CN(c2c(C#N)c(=O)n(C)c3ccccc23)[C@@H](C)CN1Cc1cn(S(=O)(=O)c2ccccc2)nn1. The number of hydrogen-bond acceptors (Lipinski definition) is 8. The van der Waals surface area contributed by atoms with E-state index >= 15 is 0 Å². The van der Waals surface area contributed by atoms with Crippen LogP contribution in [0.2, 0.25) is 0 Å². The van der Waals surface area contributed by atoms with Crippen molar-refractivity contribution in [1.82, 2.24) is 23.9 Å². The van der Waals surface area contributed by atoms with E-state index in [4.69, 9.17) is 0 Å². The maximum Gasteiger partial charge on any atom is 0.284 e. The standard InChI is InChI=1S/C26H27N7O3S/c1-18-15-32(25-22-11-7-8-12-24(22)30(3)26(34)23(25)13-27)19(2)14-31(18)16-20-17-33(29-28-20)37(35,36)21-9-5-4-6-10-21/h4-12,17-19H,14-16H2,1-3H3/t18-,19+/m1/s1. The molecule has 0 radical (unpaired) electrons. The molecule has 0 bridgehead atoms. The molecule has 1 aliphatic heterocycles. The number of fused-ring (bicyclic) bond motifs is 1. The van der Waals surface area contributed by atoms with Crippen LogP contribution >= 0.6 is 0 Å². The van der Waals surface area contributed by atoms with Gasteiger partial charge in [-0.2, -0.15) is 13.7 Å². The molecule has 0 aliphatic carbocycles. The van der Waals surface area contributed by atoms with Gasteiger partial charge >= 0.3 is 0 Å².